The van der Waals surface area contributed by atoms with Gasteiger partial charge < -0.3 is 14.2 Å². The van der Waals surface area contributed by atoms with Crippen LogP contribution in [0.3, 0.4) is 0 Å². The van der Waals surface area contributed by atoms with Crippen LogP contribution in [0.1, 0.15) is 18.0 Å². The Morgan fingerprint density at radius 3 is 2.18 bits per heavy atom. The molecule has 96 valence electrons. The lowest BCUT2D eigenvalue weighted by atomic mass is 10.0. The fourth-order valence-electron chi connectivity index (χ4n) is 1.77. The van der Waals surface area contributed by atoms with Gasteiger partial charge in [-0.05, 0) is 18.6 Å². The Morgan fingerprint density at radius 2 is 1.76 bits per heavy atom. The second kappa shape index (κ2) is 7.11. The predicted molar refractivity (Wildman–Crippen MR) is 66.1 cm³/mol. The minimum absolute atomic E-state index is 0.0685. The largest absolute Gasteiger partial charge is 0.496 e. The van der Waals surface area contributed by atoms with Crippen molar-refractivity contribution in [1.29, 1.82) is 0 Å². The third kappa shape index (κ3) is 3.33. The molecule has 0 aliphatic rings. The molecule has 5 heteroatoms. The van der Waals surface area contributed by atoms with Gasteiger partial charge in [-0.15, -0.1) is 0 Å². The van der Waals surface area contributed by atoms with E-state index < -0.39 is 0 Å². The summed E-state index contributed by atoms with van der Waals surface area (Å²) in [5.41, 5.74) is 3.68. The molecule has 0 heterocycles. The van der Waals surface area contributed by atoms with E-state index in [1.54, 1.807) is 21.3 Å². The highest BCUT2D eigenvalue weighted by atomic mass is 16.5. The van der Waals surface area contributed by atoms with Crippen molar-refractivity contribution >= 4 is 0 Å². The van der Waals surface area contributed by atoms with Gasteiger partial charge in [0, 0.05) is 13.7 Å². The van der Waals surface area contributed by atoms with Gasteiger partial charge in [-0.2, -0.15) is 0 Å². The average Bonchev–Trinajstić information content (AvgIpc) is 2.39. The number of benzene rings is 1. The topological polar surface area (TPSA) is 65.7 Å². The summed E-state index contributed by atoms with van der Waals surface area (Å²) in [7, 11) is 4.91. The maximum absolute atomic E-state index is 5.58. The third-order valence-electron chi connectivity index (χ3n) is 2.63. The van der Waals surface area contributed by atoms with Gasteiger partial charge in [0.2, 0.25) is 0 Å². The predicted octanol–water partition coefficient (Wildman–Crippen LogP) is 1.24. The van der Waals surface area contributed by atoms with E-state index in [4.69, 9.17) is 20.1 Å². The first-order valence-electron chi connectivity index (χ1n) is 5.44. The van der Waals surface area contributed by atoms with Gasteiger partial charge in [0.1, 0.15) is 11.5 Å². The zero-order valence-electron chi connectivity index (χ0n) is 10.5. The second-order valence-corrected chi connectivity index (χ2v) is 3.58. The molecule has 1 atom stereocenters. The maximum Gasteiger partial charge on any atom is 0.127 e. The van der Waals surface area contributed by atoms with E-state index in [1.807, 2.05) is 18.2 Å². The zero-order valence-corrected chi connectivity index (χ0v) is 10.5. The summed E-state index contributed by atoms with van der Waals surface area (Å²) in [5.74, 6) is 7.08. The Labute approximate surface area is 102 Å². The van der Waals surface area contributed by atoms with Crippen LogP contribution in [0.15, 0.2) is 18.2 Å². The van der Waals surface area contributed by atoms with Crippen molar-refractivity contribution < 1.29 is 14.2 Å². The molecule has 0 aliphatic heterocycles. The summed E-state index contributed by atoms with van der Waals surface area (Å²) in [6, 6.07) is 5.58. The molecule has 0 aliphatic carbocycles. The van der Waals surface area contributed by atoms with Crippen LogP contribution >= 0.6 is 0 Å². The lowest BCUT2D eigenvalue weighted by molar-refractivity contribution is 0.181. The SMILES string of the molecule is COCCC(NN)c1c(OC)cccc1OC. The van der Waals surface area contributed by atoms with Gasteiger partial charge >= 0.3 is 0 Å². The van der Waals surface area contributed by atoms with E-state index in [1.165, 1.54) is 0 Å². The first-order valence-corrected chi connectivity index (χ1v) is 5.44. The first-order chi connectivity index (χ1) is 8.28. The lowest BCUT2D eigenvalue weighted by Gasteiger charge is -2.21. The molecule has 0 saturated heterocycles. The highest BCUT2D eigenvalue weighted by Gasteiger charge is 2.19. The number of methoxy groups -OCH3 is 3. The van der Waals surface area contributed by atoms with Crippen LogP contribution in [-0.2, 0) is 4.74 Å². The Hall–Kier alpha value is -1.30. The molecule has 1 aromatic rings. The molecule has 0 bridgehead atoms. The average molecular weight is 240 g/mol. The zero-order chi connectivity index (χ0) is 12.7. The molecule has 1 rings (SSSR count). The van der Waals surface area contributed by atoms with Crippen LogP contribution in [0.4, 0.5) is 0 Å². The smallest absolute Gasteiger partial charge is 0.127 e. The van der Waals surface area contributed by atoms with E-state index in [9.17, 15) is 0 Å². The Kier molecular flexibility index (Phi) is 5.76. The number of hydrazine groups is 1. The second-order valence-electron chi connectivity index (χ2n) is 3.58. The summed E-state index contributed by atoms with van der Waals surface area (Å²) in [5, 5.41) is 0. The van der Waals surface area contributed by atoms with Crippen molar-refractivity contribution in [3.63, 3.8) is 0 Å². The van der Waals surface area contributed by atoms with Crippen LogP contribution in [0.2, 0.25) is 0 Å². The van der Waals surface area contributed by atoms with Crippen LogP contribution in [-0.4, -0.2) is 27.9 Å². The highest BCUT2D eigenvalue weighted by molar-refractivity contribution is 5.46. The minimum Gasteiger partial charge on any atom is -0.496 e. The van der Waals surface area contributed by atoms with Gasteiger partial charge in [-0.25, -0.2) is 0 Å². The quantitative estimate of drug-likeness (QED) is 0.554. The van der Waals surface area contributed by atoms with E-state index in [2.05, 4.69) is 5.43 Å². The summed E-state index contributed by atoms with van der Waals surface area (Å²) in [6.45, 7) is 0.607. The highest BCUT2D eigenvalue weighted by Crippen LogP contribution is 2.34. The molecule has 1 aromatic carbocycles. The number of hydrogen-bond donors (Lipinski definition) is 2. The maximum atomic E-state index is 5.58. The fraction of sp³-hybridized carbons (Fsp3) is 0.500. The van der Waals surface area contributed by atoms with Crippen molar-refractivity contribution in [2.24, 2.45) is 5.84 Å². The van der Waals surface area contributed by atoms with Gasteiger partial charge in [0.15, 0.2) is 0 Å². The normalized spacial score (nSPS) is 12.2. The fourth-order valence-corrected chi connectivity index (χ4v) is 1.77. The molecule has 17 heavy (non-hydrogen) atoms. The third-order valence-corrected chi connectivity index (χ3v) is 2.63. The molecule has 3 N–H and O–H groups in total. The molecule has 0 fully saturated rings. The molecule has 0 amide bonds. The minimum atomic E-state index is -0.0685. The van der Waals surface area contributed by atoms with E-state index in [0.717, 1.165) is 23.5 Å². The summed E-state index contributed by atoms with van der Waals surface area (Å²) >= 11 is 0. The summed E-state index contributed by atoms with van der Waals surface area (Å²) in [6.07, 6.45) is 0.740. The van der Waals surface area contributed by atoms with Gasteiger partial charge in [0.25, 0.3) is 0 Å². The van der Waals surface area contributed by atoms with Crippen LogP contribution in [0.25, 0.3) is 0 Å². The van der Waals surface area contributed by atoms with Crippen LogP contribution < -0.4 is 20.7 Å². The molecule has 0 saturated carbocycles. The summed E-state index contributed by atoms with van der Waals surface area (Å²) < 4.78 is 15.7. The van der Waals surface area contributed by atoms with E-state index in [0.29, 0.717) is 6.61 Å². The number of hydrogen-bond acceptors (Lipinski definition) is 5. The monoisotopic (exact) mass is 240 g/mol. The molecular formula is C12H20N2O3. The molecule has 0 spiro atoms. The summed E-state index contributed by atoms with van der Waals surface area (Å²) in [4.78, 5) is 0. The van der Waals surface area contributed by atoms with Crippen LogP contribution in [0, 0.1) is 0 Å². The number of nitrogens with two attached hydrogens (primary N) is 1. The first kappa shape index (κ1) is 13.8. The van der Waals surface area contributed by atoms with Gasteiger partial charge in [-0.1, -0.05) is 6.07 Å². The molecule has 0 radical (unpaired) electrons. The number of rotatable bonds is 7. The molecule has 1 unspecified atom stereocenters. The van der Waals surface area contributed by atoms with Crippen molar-refractivity contribution in [2.45, 2.75) is 12.5 Å². The Balaban J connectivity index is 3.05. The van der Waals surface area contributed by atoms with Crippen molar-refractivity contribution in [3.05, 3.63) is 23.8 Å². The van der Waals surface area contributed by atoms with Gasteiger partial charge in [-0.3, -0.25) is 11.3 Å². The van der Waals surface area contributed by atoms with Crippen molar-refractivity contribution in [3.8, 4) is 11.5 Å². The van der Waals surface area contributed by atoms with E-state index in [-0.39, 0.29) is 6.04 Å². The van der Waals surface area contributed by atoms with Crippen molar-refractivity contribution in [2.75, 3.05) is 27.9 Å². The molecule has 5 nitrogen and oxygen atoms in total. The Bertz CT molecular complexity index is 322. The standard InChI is InChI=1S/C12H20N2O3/c1-15-8-7-9(14-13)12-10(16-2)5-4-6-11(12)17-3/h4-6,9,14H,7-8,13H2,1-3H3. The van der Waals surface area contributed by atoms with Crippen LogP contribution in [0.5, 0.6) is 11.5 Å². The molecular weight excluding hydrogens is 220 g/mol. The number of nitrogens with one attached hydrogen (secondary N) is 1. The number of ether oxygens (including phenoxy) is 3. The van der Waals surface area contributed by atoms with Gasteiger partial charge in [0.05, 0.1) is 25.8 Å². The Morgan fingerprint density at radius 1 is 1.18 bits per heavy atom. The lowest BCUT2D eigenvalue weighted by Crippen LogP contribution is -2.29. The van der Waals surface area contributed by atoms with E-state index >= 15 is 0 Å². The van der Waals surface area contributed by atoms with Crippen molar-refractivity contribution in [1.82, 2.24) is 5.43 Å². The molecule has 0 aromatic heterocycles.